The van der Waals surface area contributed by atoms with Crippen molar-refractivity contribution >= 4 is 17.9 Å². The van der Waals surface area contributed by atoms with E-state index in [0.717, 1.165) is 4.90 Å². The molecule has 19 heavy (non-hydrogen) atoms. The minimum absolute atomic E-state index is 0.164. The van der Waals surface area contributed by atoms with Gasteiger partial charge in [-0.2, -0.15) is 0 Å². The molecular formula is C11H21N3O5. The molecule has 0 bridgehead atoms. The average molecular weight is 275 g/mol. The largest absolute Gasteiger partial charge is 0.480 e. The summed E-state index contributed by atoms with van der Waals surface area (Å²) < 4.78 is 0. The van der Waals surface area contributed by atoms with Gasteiger partial charge >= 0.3 is 12.0 Å². The molecule has 0 aliphatic carbocycles. The topological polar surface area (TPSA) is 119 Å². The number of aliphatic hydroxyl groups excluding tert-OH is 1. The number of nitrogens with one attached hydrogen (secondary N) is 2. The molecular weight excluding hydrogens is 254 g/mol. The van der Waals surface area contributed by atoms with E-state index in [2.05, 4.69) is 10.6 Å². The zero-order valence-corrected chi connectivity index (χ0v) is 11.3. The number of carbonyl (C=O) groups excluding carboxylic acids is 2. The van der Waals surface area contributed by atoms with E-state index in [1.807, 2.05) is 0 Å². The molecule has 4 N–H and O–H groups in total. The van der Waals surface area contributed by atoms with Crippen LogP contribution in [-0.4, -0.2) is 64.8 Å². The van der Waals surface area contributed by atoms with Gasteiger partial charge in [-0.1, -0.05) is 0 Å². The number of carboxylic acid groups (broad SMARTS) is 1. The molecule has 0 aliphatic rings. The van der Waals surface area contributed by atoms with Crippen LogP contribution in [-0.2, 0) is 9.59 Å². The van der Waals surface area contributed by atoms with Crippen LogP contribution in [0.3, 0.4) is 0 Å². The summed E-state index contributed by atoms with van der Waals surface area (Å²) in [5.74, 6) is -1.67. The Morgan fingerprint density at radius 3 is 2.21 bits per heavy atom. The first-order valence-corrected chi connectivity index (χ1v) is 6.06. The number of rotatable bonds is 7. The van der Waals surface area contributed by atoms with Gasteiger partial charge in [0.15, 0.2) is 6.04 Å². The van der Waals surface area contributed by atoms with Gasteiger partial charge in [0.2, 0.25) is 5.91 Å². The summed E-state index contributed by atoms with van der Waals surface area (Å²) in [6.45, 7) is 5.21. The molecule has 0 fully saturated rings. The van der Waals surface area contributed by atoms with E-state index in [9.17, 15) is 19.5 Å². The summed E-state index contributed by atoms with van der Waals surface area (Å²) in [5, 5.41) is 22.8. The fourth-order valence-electron chi connectivity index (χ4n) is 1.37. The van der Waals surface area contributed by atoms with Crippen molar-refractivity contribution in [3.05, 3.63) is 0 Å². The second kappa shape index (κ2) is 8.30. The van der Waals surface area contributed by atoms with Crippen LogP contribution in [0.15, 0.2) is 0 Å². The van der Waals surface area contributed by atoms with Gasteiger partial charge < -0.3 is 25.7 Å². The summed E-state index contributed by atoms with van der Waals surface area (Å²) in [6, 6.07) is -2.11. The second-order valence-corrected chi connectivity index (χ2v) is 3.97. The van der Waals surface area contributed by atoms with Crippen LogP contribution in [0.1, 0.15) is 20.8 Å². The fourth-order valence-corrected chi connectivity index (χ4v) is 1.37. The van der Waals surface area contributed by atoms with Crippen molar-refractivity contribution < 1.29 is 24.6 Å². The van der Waals surface area contributed by atoms with Crippen LogP contribution in [0.4, 0.5) is 4.79 Å². The van der Waals surface area contributed by atoms with Crippen molar-refractivity contribution in [2.45, 2.75) is 32.9 Å². The van der Waals surface area contributed by atoms with Gasteiger partial charge in [0.05, 0.1) is 6.10 Å². The van der Waals surface area contributed by atoms with Crippen LogP contribution >= 0.6 is 0 Å². The summed E-state index contributed by atoms with van der Waals surface area (Å²) in [5.41, 5.74) is 0. The molecule has 0 heterocycles. The molecule has 0 radical (unpaired) electrons. The standard InChI is InChI=1S/C11H21N3O5/c1-4-12-8(16)6-14(5-2)11(19)13-9(7(3)15)10(17)18/h7,9,15H,4-6H2,1-3H3,(H,12,16)(H,13,19)(H,17,18)/t7-,9+/m1/s1. The van der Waals surface area contributed by atoms with Crippen LogP contribution in [0.5, 0.6) is 0 Å². The Labute approximate surface area is 111 Å². The van der Waals surface area contributed by atoms with Crippen molar-refractivity contribution in [2.24, 2.45) is 0 Å². The Balaban J connectivity index is 4.58. The summed E-state index contributed by atoms with van der Waals surface area (Å²) in [7, 11) is 0. The Kier molecular flexibility index (Phi) is 7.50. The number of aliphatic hydroxyl groups is 1. The van der Waals surface area contributed by atoms with Crippen LogP contribution < -0.4 is 10.6 Å². The van der Waals surface area contributed by atoms with E-state index in [0.29, 0.717) is 6.54 Å². The number of carbonyl (C=O) groups is 3. The summed E-state index contributed by atoms with van der Waals surface area (Å²) >= 11 is 0. The highest BCUT2D eigenvalue weighted by Crippen LogP contribution is 1.97. The van der Waals surface area contributed by atoms with Crippen LogP contribution in [0.2, 0.25) is 0 Å². The maximum Gasteiger partial charge on any atom is 0.328 e. The minimum atomic E-state index is -1.41. The van der Waals surface area contributed by atoms with Gasteiger partial charge in [0.25, 0.3) is 0 Å². The second-order valence-electron chi connectivity index (χ2n) is 3.97. The van der Waals surface area contributed by atoms with Gasteiger partial charge in [-0.15, -0.1) is 0 Å². The zero-order valence-electron chi connectivity index (χ0n) is 11.3. The molecule has 0 saturated heterocycles. The number of nitrogens with zero attached hydrogens (tertiary/aromatic N) is 1. The molecule has 0 aromatic carbocycles. The number of carboxylic acids is 1. The van der Waals surface area contributed by atoms with Crippen molar-refractivity contribution in [2.75, 3.05) is 19.6 Å². The van der Waals surface area contributed by atoms with Crippen molar-refractivity contribution in [3.63, 3.8) is 0 Å². The lowest BCUT2D eigenvalue weighted by atomic mass is 10.2. The Morgan fingerprint density at radius 1 is 1.26 bits per heavy atom. The van der Waals surface area contributed by atoms with Gasteiger partial charge in [0.1, 0.15) is 6.54 Å². The summed E-state index contributed by atoms with van der Waals surface area (Å²) in [4.78, 5) is 35.2. The fraction of sp³-hybridized carbons (Fsp3) is 0.727. The lowest BCUT2D eigenvalue weighted by Crippen LogP contribution is -2.53. The number of amides is 3. The SMILES string of the molecule is CCNC(=O)CN(CC)C(=O)N[C@H](C(=O)O)[C@@H](C)O. The number of urea groups is 1. The highest BCUT2D eigenvalue weighted by molar-refractivity contribution is 5.86. The van der Waals surface area contributed by atoms with Crippen molar-refractivity contribution in [3.8, 4) is 0 Å². The lowest BCUT2D eigenvalue weighted by Gasteiger charge is -2.24. The number of hydrogen-bond acceptors (Lipinski definition) is 4. The van der Waals surface area contributed by atoms with Gasteiger partial charge in [-0.05, 0) is 20.8 Å². The van der Waals surface area contributed by atoms with E-state index < -0.39 is 24.1 Å². The van der Waals surface area contributed by atoms with Gasteiger partial charge in [0, 0.05) is 13.1 Å². The molecule has 0 aromatic rings. The molecule has 0 aromatic heterocycles. The zero-order chi connectivity index (χ0) is 15.0. The van der Waals surface area contributed by atoms with E-state index in [1.54, 1.807) is 13.8 Å². The molecule has 0 unspecified atom stereocenters. The third-order valence-corrected chi connectivity index (χ3v) is 2.40. The van der Waals surface area contributed by atoms with Gasteiger partial charge in [-0.25, -0.2) is 9.59 Å². The Bertz CT molecular complexity index is 332. The molecule has 0 rings (SSSR count). The lowest BCUT2D eigenvalue weighted by molar-refractivity contribution is -0.141. The predicted octanol–water partition coefficient (Wildman–Crippen LogP) is -1.01. The van der Waals surface area contributed by atoms with Crippen molar-refractivity contribution in [1.82, 2.24) is 15.5 Å². The Morgan fingerprint density at radius 2 is 1.84 bits per heavy atom. The normalized spacial score (nSPS) is 13.3. The Hall–Kier alpha value is -1.83. The average Bonchev–Trinajstić information content (AvgIpc) is 2.32. The van der Waals surface area contributed by atoms with Crippen LogP contribution in [0, 0.1) is 0 Å². The molecule has 8 heteroatoms. The first-order chi connectivity index (χ1) is 8.83. The smallest absolute Gasteiger partial charge is 0.328 e. The first kappa shape index (κ1) is 17.2. The molecule has 0 saturated carbocycles. The summed E-state index contributed by atoms with van der Waals surface area (Å²) in [6.07, 6.45) is -1.23. The molecule has 110 valence electrons. The van der Waals surface area contributed by atoms with E-state index in [4.69, 9.17) is 5.11 Å². The molecule has 0 aliphatic heterocycles. The predicted molar refractivity (Wildman–Crippen MR) is 67.6 cm³/mol. The highest BCUT2D eigenvalue weighted by atomic mass is 16.4. The molecule has 0 spiro atoms. The third-order valence-electron chi connectivity index (χ3n) is 2.40. The molecule has 2 atom stereocenters. The van der Waals surface area contributed by atoms with E-state index >= 15 is 0 Å². The maximum atomic E-state index is 11.8. The highest BCUT2D eigenvalue weighted by Gasteiger charge is 2.27. The number of aliphatic carboxylic acids is 1. The number of likely N-dealkylation sites (N-methyl/N-ethyl adjacent to an activating group) is 2. The van der Waals surface area contributed by atoms with E-state index in [1.165, 1.54) is 6.92 Å². The minimum Gasteiger partial charge on any atom is -0.480 e. The van der Waals surface area contributed by atoms with Crippen molar-refractivity contribution in [1.29, 1.82) is 0 Å². The molecule has 3 amide bonds. The van der Waals surface area contributed by atoms with E-state index in [-0.39, 0.29) is 19.0 Å². The van der Waals surface area contributed by atoms with Gasteiger partial charge in [-0.3, -0.25) is 4.79 Å². The monoisotopic (exact) mass is 275 g/mol. The first-order valence-electron chi connectivity index (χ1n) is 6.06. The third kappa shape index (κ3) is 6.05. The maximum absolute atomic E-state index is 11.8. The molecule has 8 nitrogen and oxygen atoms in total. The van der Waals surface area contributed by atoms with Crippen LogP contribution in [0.25, 0.3) is 0 Å². The quantitative estimate of drug-likeness (QED) is 0.474. The number of hydrogen-bond donors (Lipinski definition) is 4.